The van der Waals surface area contributed by atoms with E-state index in [9.17, 15) is 18.0 Å². The summed E-state index contributed by atoms with van der Waals surface area (Å²) in [4.78, 5) is 12.6. The van der Waals surface area contributed by atoms with Crippen LogP contribution in [0.25, 0.3) is 10.9 Å². The quantitative estimate of drug-likeness (QED) is 0.327. The molecule has 7 heteroatoms. The van der Waals surface area contributed by atoms with Gasteiger partial charge in [-0.05, 0) is 29.7 Å². The summed E-state index contributed by atoms with van der Waals surface area (Å²) in [5.41, 5.74) is 3.52. The van der Waals surface area contributed by atoms with Crippen LogP contribution in [0.4, 0.5) is 13.2 Å². The molecule has 4 rings (SSSR count). The van der Waals surface area contributed by atoms with E-state index in [-0.39, 0.29) is 17.9 Å². The molecule has 4 nitrogen and oxygen atoms in total. The second-order valence-corrected chi connectivity index (χ2v) is 7.34. The fourth-order valence-electron chi connectivity index (χ4n) is 3.63. The molecule has 2 aromatic heterocycles. The molecule has 0 unspecified atom stereocenters. The van der Waals surface area contributed by atoms with Crippen LogP contribution in [0.5, 0.6) is 5.75 Å². The predicted octanol–water partition coefficient (Wildman–Crippen LogP) is 4.84. The molecule has 4 aromatic rings. The number of Topliss-reactive ketones (excluding diaryl/α,β-unsaturated/α-hetero) is 1. The highest BCUT2D eigenvalue weighted by molar-refractivity contribution is 5.95. The molecule has 0 fully saturated rings. The number of hydrogen-bond donors (Lipinski definition) is 0. The Labute approximate surface area is 177 Å². The highest BCUT2D eigenvalue weighted by Gasteiger charge is 2.31. The van der Waals surface area contributed by atoms with Crippen molar-refractivity contribution in [3.05, 3.63) is 95.9 Å². The molecular weight excluding hydrogens is 405 g/mol. The minimum absolute atomic E-state index is 0.00457. The summed E-state index contributed by atoms with van der Waals surface area (Å²) in [6, 6.07) is 17.2. The minimum Gasteiger partial charge on any atom is -0.406 e. The first-order chi connectivity index (χ1) is 14.8. The van der Waals surface area contributed by atoms with Crippen molar-refractivity contribution in [1.82, 2.24) is 4.57 Å². The van der Waals surface area contributed by atoms with Crippen LogP contribution < -0.4 is 9.30 Å². The lowest BCUT2D eigenvalue weighted by Gasteiger charge is -2.09. The van der Waals surface area contributed by atoms with Gasteiger partial charge in [0.05, 0.1) is 0 Å². The third-order valence-corrected chi connectivity index (χ3v) is 5.03. The maximum Gasteiger partial charge on any atom is 0.573 e. The number of benzene rings is 2. The van der Waals surface area contributed by atoms with Crippen LogP contribution in [0.1, 0.15) is 21.5 Å². The van der Waals surface area contributed by atoms with Crippen molar-refractivity contribution in [1.29, 1.82) is 0 Å². The highest BCUT2D eigenvalue weighted by Crippen LogP contribution is 2.24. The Bertz CT molecular complexity index is 1230. The van der Waals surface area contributed by atoms with Crippen molar-refractivity contribution in [3.63, 3.8) is 0 Å². The van der Waals surface area contributed by atoms with Gasteiger partial charge < -0.3 is 9.30 Å². The molecule has 0 aliphatic rings. The number of ketones is 1. The summed E-state index contributed by atoms with van der Waals surface area (Å²) >= 11 is 0. The number of rotatable bonds is 6. The lowest BCUT2D eigenvalue weighted by atomic mass is 10.1. The number of ether oxygens (including phenoxy) is 1. The molecule has 31 heavy (non-hydrogen) atoms. The number of pyridine rings is 1. The molecule has 0 aliphatic carbocycles. The summed E-state index contributed by atoms with van der Waals surface area (Å²) in [5.74, 6) is -0.720. The van der Waals surface area contributed by atoms with E-state index in [1.807, 2.05) is 48.3 Å². The maximum atomic E-state index is 12.6. The van der Waals surface area contributed by atoms with Gasteiger partial charge in [0.15, 0.2) is 12.4 Å². The number of nitrogens with zero attached hydrogens (tertiary/aromatic N) is 2. The molecule has 0 N–H and O–H groups in total. The van der Waals surface area contributed by atoms with Crippen LogP contribution in [0.2, 0.25) is 0 Å². The fourth-order valence-corrected chi connectivity index (χ4v) is 3.63. The predicted molar refractivity (Wildman–Crippen MR) is 110 cm³/mol. The number of halogens is 3. The summed E-state index contributed by atoms with van der Waals surface area (Å²) in [6.45, 7) is 0.00457. The summed E-state index contributed by atoms with van der Waals surface area (Å²) < 4.78 is 44.9. The van der Waals surface area contributed by atoms with Crippen molar-refractivity contribution >= 4 is 16.7 Å². The molecule has 0 bridgehead atoms. The van der Waals surface area contributed by atoms with E-state index >= 15 is 0 Å². The minimum atomic E-state index is -4.80. The molecule has 0 radical (unpaired) electrons. The van der Waals surface area contributed by atoms with Gasteiger partial charge in [-0.2, -0.15) is 4.57 Å². The third kappa shape index (κ3) is 4.94. The fraction of sp³-hybridized carbons (Fsp3) is 0.167. The van der Waals surface area contributed by atoms with Gasteiger partial charge in [-0.15, -0.1) is 13.2 Å². The summed E-state index contributed by atoms with van der Waals surface area (Å²) in [6.07, 6.45) is 1.75. The monoisotopic (exact) mass is 425 g/mol. The maximum absolute atomic E-state index is 12.6. The molecule has 2 aromatic carbocycles. The Kier molecular flexibility index (Phi) is 5.50. The Balaban J connectivity index is 1.55. The van der Waals surface area contributed by atoms with Gasteiger partial charge in [-0.3, -0.25) is 4.79 Å². The number of carbonyl (C=O) groups excluding carboxylic acids is 1. The SMILES string of the molecule is Cn1cc(Cc2ccccc2)c2cc[n+](CC(=O)c3cccc(OC(F)(F)F)c3)cc21. The van der Waals surface area contributed by atoms with Crippen LogP contribution >= 0.6 is 0 Å². The number of alkyl halides is 3. The van der Waals surface area contributed by atoms with E-state index in [1.165, 1.54) is 29.3 Å². The number of fused-ring (bicyclic) bond motifs is 1. The van der Waals surface area contributed by atoms with E-state index in [0.717, 1.165) is 23.4 Å². The zero-order valence-corrected chi connectivity index (χ0v) is 16.8. The molecule has 0 saturated carbocycles. The van der Waals surface area contributed by atoms with Crippen LogP contribution in [-0.4, -0.2) is 16.7 Å². The van der Waals surface area contributed by atoms with E-state index in [1.54, 1.807) is 4.57 Å². The van der Waals surface area contributed by atoms with Crippen LogP contribution in [0.15, 0.2) is 79.3 Å². The van der Waals surface area contributed by atoms with E-state index < -0.39 is 12.1 Å². The third-order valence-electron chi connectivity index (χ3n) is 5.03. The molecule has 0 aliphatic heterocycles. The Morgan fingerprint density at radius 2 is 1.84 bits per heavy atom. The second-order valence-electron chi connectivity index (χ2n) is 7.34. The first kappa shape index (κ1) is 20.7. The van der Waals surface area contributed by atoms with Crippen molar-refractivity contribution in [2.75, 3.05) is 0 Å². The van der Waals surface area contributed by atoms with Crippen LogP contribution in [0, 0.1) is 0 Å². The number of aromatic nitrogens is 2. The molecule has 0 amide bonds. The standard InChI is InChI=1S/C24H20F3N2O2/c1-28-14-19(12-17-6-3-2-4-7-17)21-10-11-29(15-22(21)28)16-23(30)18-8-5-9-20(13-18)31-24(25,26)27/h2-11,13-15H,12,16H2,1H3/q+1. The van der Waals surface area contributed by atoms with Crippen molar-refractivity contribution < 1.29 is 27.3 Å². The first-order valence-electron chi connectivity index (χ1n) is 9.68. The largest absolute Gasteiger partial charge is 0.573 e. The van der Waals surface area contributed by atoms with Crippen molar-refractivity contribution in [2.45, 2.75) is 19.3 Å². The summed E-state index contributed by atoms with van der Waals surface area (Å²) in [7, 11) is 1.95. The van der Waals surface area contributed by atoms with Crippen molar-refractivity contribution in [2.24, 2.45) is 7.05 Å². The van der Waals surface area contributed by atoms with E-state index in [0.29, 0.717) is 0 Å². The van der Waals surface area contributed by atoms with E-state index in [2.05, 4.69) is 23.1 Å². The Morgan fingerprint density at radius 3 is 2.58 bits per heavy atom. The number of aryl methyl sites for hydroxylation is 1. The smallest absolute Gasteiger partial charge is 0.406 e. The molecule has 0 atom stereocenters. The van der Waals surface area contributed by atoms with Crippen LogP contribution in [-0.2, 0) is 20.0 Å². The van der Waals surface area contributed by atoms with Gasteiger partial charge in [0.25, 0.3) is 0 Å². The zero-order valence-electron chi connectivity index (χ0n) is 16.8. The number of carbonyl (C=O) groups is 1. The Morgan fingerprint density at radius 1 is 1.06 bits per heavy atom. The topological polar surface area (TPSA) is 35.1 Å². The van der Waals surface area contributed by atoms with E-state index in [4.69, 9.17) is 0 Å². The van der Waals surface area contributed by atoms with Gasteiger partial charge in [0, 0.05) is 30.3 Å². The average molecular weight is 425 g/mol. The molecule has 2 heterocycles. The van der Waals surface area contributed by atoms with Gasteiger partial charge in [0.2, 0.25) is 12.3 Å². The highest BCUT2D eigenvalue weighted by atomic mass is 19.4. The molecule has 158 valence electrons. The molecule has 0 spiro atoms. The molecular formula is C24H20F3N2O2+. The van der Waals surface area contributed by atoms with Gasteiger partial charge in [-0.1, -0.05) is 42.5 Å². The lowest BCUT2D eigenvalue weighted by Crippen LogP contribution is -2.37. The Hall–Kier alpha value is -3.61. The average Bonchev–Trinajstić information content (AvgIpc) is 3.02. The van der Waals surface area contributed by atoms with Crippen LogP contribution in [0.3, 0.4) is 0 Å². The van der Waals surface area contributed by atoms with Gasteiger partial charge in [0.1, 0.15) is 11.3 Å². The lowest BCUT2D eigenvalue weighted by molar-refractivity contribution is -0.682. The first-order valence-corrected chi connectivity index (χ1v) is 9.68. The zero-order chi connectivity index (χ0) is 22.0. The summed E-state index contributed by atoms with van der Waals surface area (Å²) in [5, 5.41) is 1.09. The van der Waals surface area contributed by atoms with Gasteiger partial charge in [-0.25, -0.2) is 0 Å². The normalized spacial score (nSPS) is 11.6. The number of hydrogen-bond acceptors (Lipinski definition) is 2. The second kappa shape index (κ2) is 8.26. The molecule has 0 saturated heterocycles. The van der Waals surface area contributed by atoms with Gasteiger partial charge >= 0.3 is 6.36 Å². The van der Waals surface area contributed by atoms with Crippen molar-refractivity contribution in [3.8, 4) is 5.75 Å².